The van der Waals surface area contributed by atoms with Gasteiger partial charge >= 0.3 is 0 Å². The molecule has 4 nitrogen and oxygen atoms in total. The third-order valence-corrected chi connectivity index (χ3v) is 3.81. The molecular formula is C16H26BrNO3. The molecule has 0 aromatic heterocycles. The first-order chi connectivity index (χ1) is 10.0. The number of nitrogens with one attached hydrogen (secondary N) is 1. The zero-order chi connectivity index (χ0) is 15.8. The monoisotopic (exact) mass is 359 g/mol. The van der Waals surface area contributed by atoms with Gasteiger partial charge in [-0.05, 0) is 44.9 Å². The van der Waals surface area contributed by atoms with Crippen molar-refractivity contribution in [3.63, 3.8) is 0 Å². The molecule has 2 N–H and O–H groups in total. The number of benzene rings is 1. The van der Waals surface area contributed by atoms with Crippen LogP contribution < -0.4 is 14.8 Å². The van der Waals surface area contributed by atoms with Gasteiger partial charge in [-0.15, -0.1) is 0 Å². The van der Waals surface area contributed by atoms with Crippen LogP contribution in [0.4, 0.5) is 0 Å². The first-order valence-electron chi connectivity index (χ1n) is 7.47. The Morgan fingerprint density at radius 1 is 1.24 bits per heavy atom. The summed E-state index contributed by atoms with van der Waals surface area (Å²) in [4.78, 5) is 0. The van der Waals surface area contributed by atoms with E-state index in [0.717, 1.165) is 28.0 Å². The van der Waals surface area contributed by atoms with E-state index < -0.39 is 0 Å². The third kappa shape index (κ3) is 5.85. The molecule has 0 bridgehead atoms. The van der Waals surface area contributed by atoms with Gasteiger partial charge < -0.3 is 19.9 Å². The van der Waals surface area contributed by atoms with Crippen molar-refractivity contribution in [2.45, 2.75) is 52.8 Å². The molecular weight excluding hydrogens is 334 g/mol. The maximum Gasteiger partial charge on any atom is 0.162 e. The molecule has 0 aliphatic carbocycles. The first-order valence-corrected chi connectivity index (χ1v) is 8.27. The van der Waals surface area contributed by atoms with E-state index in [4.69, 9.17) is 9.47 Å². The fraction of sp³-hybridized carbons (Fsp3) is 0.625. The summed E-state index contributed by atoms with van der Waals surface area (Å²) in [6.07, 6.45) is 0.986. The van der Waals surface area contributed by atoms with Crippen molar-refractivity contribution < 1.29 is 14.6 Å². The van der Waals surface area contributed by atoms with E-state index in [1.54, 1.807) is 0 Å². The molecule has 0 amide bonds. The predicted octanol–water partition coefficient (Wildman–Crippen LogP) is 3.50. The molecule has 0 radical (unpaired) electrons. The van der Waals surface area contributed by atoms with Crippen LogP contribution >= 0.6 is 15.9 Å². The maximum absolute atomic E-state index is 9.24. The fourth-order valence-corrected chi connectivity index (χ4v) is 2.38. The van der Waals surface area contributed by atoms with Gasteiger partial charge in [-0.2, -0.15) is 0 Å². The molecule has 0 saturated carbocycles. The Morgan fingerprint density at radius 3 is 2.48 bits per heavy atom. The normalized spacial score (nSPS) is 12.5. The van der Waals surface area contributed by atoms with Crippen molar-refractivity contribution >= 4 is 15.9 Å². The van der Waals surface area contributed by atoms with Crippen LogP contribution in [0.3, 0.4) is 0 Å². The number of halogens is 1. The average molecular weight is 360 g/mol. The molecule has 1 atom stereocenters. The van der Waals surface area contributed by atoms with Crippen molar-refractivity contribution in [2.75, 3.05) is 13.2 Å². The fourth-order valence-electron chi connectivity index (χ4n) is 1.92. The van der Waals surface area contributed by atoms with Gasteiger partial charge in [0, 0.05) is 17.1 Å². The molecule has 0 fully saturated rings. The highest BCUT2D eigenvalue weighted by Gasteiger charge is 2.13. The van der Waals surface area contributed by atoms with Gasteiger partial charge in [-0.1, -0.05) is 22.9 Å². The second-order valence-electron chi connectivity index (χ2n) is 5.16. The van der Waals surface area contributed by atoms with Gasteiger partial charge in [0.25, 0.3) is 0 Å². The van der Waals surface area contributed by atoms with E-state index in [1.807, 2.05) is 39.8 Å². The summed E-state index contributed by atoms with van der Waals surface area (Å²) in [5.74, 6) is 1.50. The van der Waals surface area contributed by atoms with Gasteiger partial charge in [0.1, 0.15) is 0 Å². The smallest absolute Gasteiger partial charge is 0.162 e. The molecule has 1 aromatic rings. The predicted molar refractivity (Wildman–Crippen MR) is 89.1 cm³/mol. The molecule has 1 aromatic carbocycles. The quantitative estimate of drug-likeness (QED) is 0.708. The number of hydrogen-bond donors (Lipinski definition) is 2. The lowest BCUT2D eigenvalue weighted by Crippen LogP contribution is -2.31. The topological polar surface area (TPSA) is 50.7 Å². The van der Waals surface area contributed by atoms with Crippen LogP contribution in [0.1, 0.15) is 39.7 Å². The highest BCUT2D eigenvalue weighted by atomic mass is 79.9. The Bertz CT molecular complexity index is 434. The Kier molecular flexibility index (Phi) is 8.07. The number of aliphatic hydroxyl groups is 1. The molecule has 0 aliphatic heterocycles. The number of aliphatic hydroxyl groups excluding tert-OH is 1. The summed E-state index contributed by atoms with van der Waals surface area (Å²) >= 11 is 3.58. The van der Waals surface area contributed by atoms with Crippen LogP contribution in [0.2, 0.25) is 0 Å². The van der Waals surface area contributed by atoms with Crippen molar-refractivity contribution in [3.05, 3.63) is 22.2 Å². The molecule has 0 aliphatic rings. The van der Waals surface area contributed by atoms with Gasteiger partial charge in [0.05, 0.1) is 19.3 Å². The van der Waals surface area contributed by atoms with Crippen LogP contribution in [0.25, 0.3) is 0 Å². The zero-order valence-corrected chi connectivity index (χ0v) is 14.9. The Labute approximate surface area is 136 Å². The Hall–Kier alpha value is -0.780. The van der Waals surface area contributed by atoms with E-state index in [0.29, 0.717) is 13.2 Å². The molecule has 21 heavy (non-hydrogen) atoms. The number of ether oxygens (including phenoxy) is 2. The minimum Gasteiger partial charge on any atom is -0.490 e. The van der Waals surface area contributed by atoms with Gasteiger partial charge in [0.2, 0.25) is 0 Å². The standard InChI is InChI=1S/C16H26BrNO3/c1-5-13(10-19)18-9-12-7-15(20-6-2)16(8-14(12)17)21-11(3)4/h7-8,11,13,18-19H,5-6,9-10H2,1-4H3. The Morgan fingerprint density at radius 2 is 1.95 bits per heavy atom. The minimum atomic E-state index is 0.0962. The lowest BCUT2D eigenvalue weighted by molar-refractivity contribution is 0.223. The van der Waals surface area contributed by atoms with E-state index in [2.05, 4.69) is 21.2 Å². The molecule has 0 spiro atoms. The summed E-state index contributed by atoms with van der Waals surface area (Å²) in [6, 6.07) is 4.05. The van der Waals surface area contributed by atoms with Gasteiger partial charge in [0.15, 0.2) is 11.5 Å². The largest absolute Gasteiger partial charge is 0.490 e. The zero-order valence-electron chi connectivity index (χ0n) is 13.3. The van der Waals surface area contributed by atoms with Crippen molar-refractivity contribution in [3.8, 4) is 11.5 Å². The molecule has 5 heteroatoms. The van der Waals surface area contributed by atoms with Crippen LogP contribution in [-0.4, -0.2) is 30.5 Å². The lowest BCUT2D eigenvalue weighted by Gasteiger charge is -2.18. The molecule has 1 unspecified atom stereocenters. The van der Waals surface area contributed by atoms with Crippen molar-refractivity contribution in [2.24, 2.45) is 0 Å². The lowest BCUT2D eigenvalue weighted by atomic mass is 10.1. The Balaban J connectivity index is 2.92. The number of hydrogen-bond acceptors (Lipinski definition) is 4. The molecule has 120 valence electrons. The van der Waals surface area contributed by atoms with Crippen LogP contribution in [0.5, 0.6) is 11.5 Å². The SMILES string of the molecule is CCOc1cc(CNC(CC)CO)c(Br)cc1OC(C)C. The van der Waals surface area contributed by atoms with Crippen LogP contribution in [-0.2, 0) is 6.54 Å². The third-order valence-electron chi connectivity index (χ3n) is 3.07. The molecule has 0 saturated heterocycles. The van der Waals surface area contributed by atoms with Gasteiger partial charge in [-0.3, -0.25) is 0 Å². The second-order valence-corrected chi connectivity index (χ2v) is 6.01. The van der Waals surface area contributed by atoms with Crippen molar-refractivity contribution in [1.29, 1.82) is 0 Å². The van der Waals surface area contributed by atoms with Crippen molar-refractivity contribution in [1.82, 2.24) is 5.32 Å². The minimum absolute atomic E-state index is 0.0962. The van der Waals surface area contributed by atoms with Gasteiger partial charge in [-0.25, -0.2) is 0 Å². The maximum atomic E-state index is 9.24. The van der Waals surface area contributed by atoms with E-state index in [-0.39, 0.29) is 18.8 Å². The summed E-state index contributed by atoms with van der Waals surface area (Å²) < 4.78 is 12.4. The van der Waals surface area contributed by atoms with E-state index >= 15 is 0 Å². The van der Waals surface area contributed by atoms with E-state index in [1.165, 1.54) is 0 Å². The highest BCUT2D eigenvalue weighted by Crippen LogP contribution is 2.34. The average Bonchev–Trinajstić information content (AvgIpc) is 2.43. The molecule has 1 rings (SSSR count). The second kappa shape index (κ2) is 9.28. The first kappa shape index (κ1) is 18.3. The van der Waals surface area contributed by atoms with E-state index in [9.17, 15) is 5.11 Å². The summed E-state index contributed by atoms with van der Waals surface area (Å²) in [7, 11) is 0. The summed E-state index contributed by atoms with van der Waals surface area (Å²) in [5.41, 5.74) is 1.08. The van der Waals surface area contributed by atoms with Crippen LogP contribution in [0, 0.1) is 0 Å². The summed E-state index contributed by atoms with van der Waals surface area (Å²) in [6.45, 7) is 9.39. The summed E-state index contributed by atoms with van der Waals surface area (Å²) in [5, 5.41) is 12.6. The molecule has 0 heterocycles. The highest BCUT2D eigenvalue weighted by molar-refractivity contribution is 9.10. The van der Waals surface area contributed by atoms with Crippen LogP contribution in [0.15, 0.2) is 16.6 Å². The number of rotatable bonds is 9.